The molecule has 8 nitrogen and oxygen atoms in total. The minimum Gasteiger partial charge on any atom is -0.493 e. The maximum absolute atomic E-state index is 12.7. The summed E-state index contributed by atoms with van der Waals surface area (Å²) >= 11 is 7.55. The third-order valence-electron chi connectivity index (χ3n) is 4.51. The van der Waals surface area contributed by atoms with Gasteiger partial charge in [0.2, 0.25) is 0 Å². The lowest BCUT2D eigenvalue weighted by Gasteiger charge is -2.10. The molecule has 3 aromatic rings. The molecule has 10 heteroatoms. The highest BCUT2D eigenvalue weighted by Crippen LogP contribution is 2.31. The number of halogens is 1. The van der Waals surface area contributed by atoms with Crippen LogP contribution in [-0.4, -0.2) is 50.0 Å². The van der Waals surface area contributed by atoms with E-state index in [9.17, 15) is 9.59 Å². The maximum Gasteiger partial charge on any atom is 0.348 e. The van der Waals surface area contributed by atoms with Crippen molar-refractivity contribution in [1.82, 2.24) is 9.97 Å². The topological polar surface area (TPSA) is 99.7 Å². The van der Waals surface area contributed by atoms with E-state index in [1.165, 1.54) is 7.11 Å². The molecule has 0 saturated carbocycles. The fraction of sp³-hybridized carbons (Fsp3) is 0.318. The van der Waals surface area contributed by atoms with Crippen molar-refractivity contribution in [3.8, 4) is 11.5 Å². The van der Waals surface area contributed by atoms with Crippen LogP contribution in [0.3, 0.4) is 0 Å². The fourth-order valence-electron chi connectivity index (χ4n) is 3.00. The molecule has 0 atom stereocenters. The van der Waals surface area contributed by atoms with Crippen LogP contribution < -0.4 is 15.0 Å². The molecule has 2 aromatic heterocycles. The molecule has 0 bridgehead atoms. The quantitative estimate of drug-likeness (QED) is 0.362. The number of rotatable bonds is 9. The number of nitrogens with zero attached hydrogens (tertiary/aromatic N) is 1. The number of carbonyl (C=O) groups excluding carboxylic acids is 1. The number of methoxy groups -OCH3 is 2. The SMILES string of the molecule is CCOc1cc(C=C(Cl)c2nc3sc(C(=O)OCCOC)c(C)c3c(=O)[nH]2)ccc1OC. The number of hydrogen-bond donors (Lipinski definition) is 1. The zero-order valence-corrected chi connectivity index (χ0v) is 19.7. The van der Waals surface area contributed by atoms with Crippen molar-refractivity contribution in [2.24, 2.45) is 0 Å². The van der Waals surface area contributed by atoms with E-state index in [0.717, 1.165) is 16.9 Å². The largest absolute Gasteiger partial charge is 0.493 e. The molecular weight excluding hydrogens is 456 g/mol. The number of ether oxygens (including phenoxy) is 4. The summed E-state index contributed by atoms with van der Waals surface area (Å²) < 4.78 is 20.9. The lowest BCUT2D eigenvalue weighted by molar-refractivity contribution is 0.0393. The van der Waals surface area contributed by atoms with Gasteiger partial charge in [0.05, 0.1) is 30.7 Å². The first-order valence-corrected chi connectivity index (χ1v) is 11.0. The Morgan fingerprint density at radius 1 is 1.25 bits per heavy atom. The second-order valence-electron chi connectivity index (χ2n) is 6.62. The van der Waals surface area contributed by atoms with Gasteiger partial charge in [0.15, 0.2) is 17.3 Å². The third kappa shape index (κ3) is 5.12. The Balaban J connectivity index is 1.96. The number of esters is 1. The van der Waals surface area contributed by atoms with Crippen LogP contribution in [0, 0.1) is 6.92 Å². The molecule has 2 heterocycles. The Morgan fingerprint density at radius 2 is 2.03 bits per heavy atom. The number of thiophene rings is 1. The summed E-state index contributed by atoms with van der Waals surface area (Å²) in [5.41, 5.74) is 0.877. The van der Waals surface area contributed by atoms with Gasteiger partial charge in [0, 0.05) is 7.11 Å². The first-order chi connectivity index (χ1) is 15.4. The molecule has 0 aliphatic carbocycles. The Morgan fingerprint density at radius 3 is 2.72 bits per heavy atom. The van der Waals surface area contributed by atoms with Gasteiger partial charge in [0.25, 0.3) is 5.56 Å². The molecule has 0 amide bonds. The number of benzene rings is 1. The van der Waals surface area contributed by atoms with Crippen LogP contribution >= 0.6 is 22.9 Å². The van der Waals surface area contributed by atoms with E-state index in [1.54, 1.807) is 32.2 Å². The minimum atomic E-state index is -0.521. The molecule has 0 saturated heterocycles. The van der Waals surface area contributed by atoms with Crippen LogP contribution in [0.1, 0.15) is 33.5 Å². The van der Waals surface area contributed by atoms with Crippen molar-refractivity contribution in [2.45, 2.75) is 13.8 Å². The highest BCUT2D eigenvalue weighted by molar-refractivity contribution is 7.20. The Kier molecular flexibility index (Phi) is 7.89. The average molecular weight is 479 g/mol. The maximum atomic E-state index is 12.7. The van der Waals surface area contributed by atoms with Gasteiger partial charge in [-0.25, -0.2) is 9.78 Å². The zero-order chi connectivity index (χ0) is 23.3. The van der Waals surface area contributed by atoms with Crippen molar-refractivity contribution in [3.05, 3.63) is 50.4 Å². The summed E-state index contributed by atoms with van der Waals surface area (Å²) in [5, 5.41) is 0.567. The van der Waals surface area contributed by atoms with Crippen molar-refractivity contribution >= 4 is 50.2 Å². The molecule has 0 radical (unpaired) electrons. The first kappa shape index (κ1) is 23.8. The van der Waals surface area contributed by atoms with E-state index in [1.807, 2.05) is 13.0 Å². The second kappa shape index (κ2) is 10.6. The number of aromatic amines is 1. The van der Waals surface area contributed by atoms with Crippen molar-refractivity contribution in [3.63, 3.8) is 0 Å². The highest BCUT2D eigenvalue weighted by Gasteiger charge is 2.21. The Bertz CT molecular complexity index is 1220. The molecule has 0 aliphatic heterocycles. The molecule has 0 aliphatic rings. The molecule has 0 spiro atoms. The van der Waals surface area contributed by atoms with Crippen molar-refractivity contribution in [2.75, 3.05) is 34.0 Å². The predicted octanol–water partition coefficient (Wildman–Crippen LogP) is 4.24. The Labute approximate surface area is 193 Å². The van der Waals surface area contributed by atoms with E-state index < -0.39 is 5.97 Å². The number of aryl methyl sites for hydroxylation is 1. The number of fused-ring (bicyclic) bond motifs is 1. The van der Waals surface area contributed by atoms with Crippen LogP contribution in [0.5, 0.6) is 11.5 Å². The van der Waals surface area contributed by atoms with Gasteiger partial charge in [0.1, 0.15) is 16.3 Å². The molecule has 32 heavy (non-hydrogen) atoms. The van der Waals surface area contributed by atoms with Gasteiger partial charge in [-0.05, 0) is 43.2 Å². The third-order valence-corrected chi connectivity index (χ3v) is 5.97. The summed E-state index contributed by atoms with van der Waals surface area (Å²) in [7, 11) is 3.08. The number of hydrogen-bond acceptors (Lipinski definition) is 8. The second-order valence-corrected chi connectivity index (χ2v) is 8.02. The van der Waals surface area contributed by atoms with Gasteiger partial charge >= 0.3 is 5.97 Å². The van der Waals surface area contributed by atoms with E-state index in [2.05, 4.69) is 9.97 Å². The van der Waals surface area contributed by atoms with E-state index in [-0.39, 0.29) is 29.6 Å². The number of carbonyl (C=O) groups is 1. The molecule has 0 fully saturated rings. The monoisotopic (exact) mass is 478 g/mol. The van der Waals surface area contributed by atoms with E-state index >= 15 is 0 Å². The van der Waals surface area contributed by atoms with Crippen molar-refractivity contribution < 1.29 is 23.7 Å². The van der Waals surface area contributed by atoms with Gasteiger partial charge in [-0.3, -0.25) is 4.79 Å². The normalized spacial score (nSPS) is 11.6. The standard InChI is InChI=1S/C22H23ClN2O6S/c1-5-30-16-11-13(6-7-15(16)29-4)10-14(23)19-24-20(26)17-12(2)18(32-21(17)25-19)22(27)31-9-8-28-3/h6-7,10-11H,5,8-9H2,1-4H3,(H,24,25,26). The van der Waals surface area contributed by atoms with Gasteiger partial charge in [-0.1, -0.05) is 17.7 Å². The van der Waals surface area contributed by atoms with Crippen LogP contribution in [0.25, 0.3) is 21.3 Å². The number of aromatic nitrogens is 2. The molecule has 3 rings (SSSR count). The van der Waals surface area contributed by atoms with Crippen LogP contribution in [-0.2, 0) is 9.47 Å². The minimum absolute atomic E-state index is 0.123. The van der Waals surface area contributed by atoms with Gasteiger partial charge < -0.3 is 23.9 Å². The molecule has 1 aromatic carbocycles. The number of H-pyrrole nitrogens is 1. The van der Waals surface area contributed by atoms with E-state index in [4.69, 9.17) is 30.5 Å². The highest BCUT2D eigenvalue weighted by atomic mass is 35.5. The van der Waals surface area contributed by atoms with E-state index in [0.29, 0.717) is 38.8 Å². The summed E-state index contributed by atoms with van der Waals surface area (Å²) in [6.07, 6.45) is 1.66. The summed E-state index contributed by atoms with van der Waals surface area (Å²) in [5.74, 6) is 0.855. The van der Waals surface area contributed by atoms with Crippen LogP contribution in [0.2, 0.25) is 0 Å². The average Bonchev–Trinajstić information content (AvgIpc) is 3.11. The lowest BCUT2D eigenvalue weighted by atomic mass is 10.2. The molecular formula is C22H23ClN2O6S. The van der Waals surface area contributed by atoms with Crippen LogP contribution in [0.15, 0.2) is 23.0 Å². The van der Waals surface area contributed by atoms with Gasteiger partial charge in [-0.15, -0.1) is 11.3 Å². The molecule has 0 unspecified atom stereocenters. The van der Waals surface area contributed by atoms with Crippen molar-refractivity contribution in [1.29, 1.82) is 0 Å². The molecule has 170 valence electrons. The first-order valence-electron chi connectivity index (χ1n) is 9.77. The van der Waals surface area contributed by atoms with Crippen LogP contribution in [0.4, 0.5) is 0 Å². The summed E-state index contributed by atoms with van der Waals surface area (Å²) in [6.45, 7) is 4.46. The predicted molar refractivity (Wildman–Crippen MR) is 125 cm³/mol. The Hall–Kier alpha value is -2.88. The molecule has 1 N–H and O–H groups in total. The van der Waals surface area contributed by atoms with Gasteiger partial charge in [-0.2, -0.15) is 0 Å². The fourth-order valence-corrected chi connectivity index (χ4v) is 4.29. The summed E-state index contributed by atoms with van der Waals surface area (Å²) in [4.78, 5) is 32.9. The zero-order valence-electron chi connectivity index (χ0n) is 18.1. The smallest absolute Gasteiger partial charge is 0.348 e. The lowest BCUT2D eigenvalue weighted by Crippen LogP contribution is -2.11. The summed E-state index contributed by atoms with van der Waals surface area (Å²) in [6, 6.07) is 5.36. The number of nitrogens with one attached hydrogen (secondary N) is 1.